The first kappa shape index (κ1) is 14.0. The quantitative estimate of drug-likeness (QED) is 0.818. The number of carbonyl (C=O) groups is 1. The first-order valence-electron chi connectivity index (χ1n) is 6.85. The Morgan fingerprint density at radius 3 is 3.05 bits per heavy atom. The number of likely N-dealkylation sites (tertiary alicyclic amines) is 1. The highest BCUT2D eigenvalue weighted by molar-refractivity contribution is 5.92. The third kappa shape index (κ3) is 3.53. The van der Waals surface area contributed by atoms with Gasteiger partial charge >= 0.3 is 0 Å². The topological polar surface area (TPSA) is 60.2 Å². The Labute approximate surface area is 113 Å². The van der Waals surface area contributed by atoms with Crippen LogP contribution in [-0.2, 0) is 11.8 Å². The van der Waals surface area contributed by atoms with Gasteiger partial charge in [0.15, 0.2) is 0 Å². The number of rotatable bonds is 4. The molecule has 19 heavy (non-hydrogen) atoms. The third-order valence-corrected chi connectivity index (χ3v) is 3.72. The van der Waals surface area contributed by atoms with Gasteiger partial charge in [0.1, 0.15) is 5.69 Å². The summed E-state index contributed by atoms with van der Waals surface area (Å²) in [5, 5.41) is 7.60. The lowest BCUT2D eigenvalue weighted by Crippen LogP contribution is -2.36. The van der Waals surface area contributed by atoms with E-state index in [1.807, 2.05) is 4.90 Å². The Morgan fingerprint density at radius 1 is 1.53 bits per heavy atom. The van der Waals surface area contributed by atoms with Gasteiger partial charge in [0.25, 0.3) is 5.91 Å². The van der Waals surface area contributed by atoms with Crippen molar-refractivity contribution in [3.63, 3.8) is 0 Å². The van der Waals surface area contributed by atoms with Crippen molar-refractivity contribution in [3.05, 3.63) is 11.9 Å². The van der Waals surface area contributed by atoms with E-state index in [1.54, 1.807) is 14.2 Å². The van der Waals surface area contributed by atoms with Crippen LogP contribution in [0.1, 0.15) is 36.2 Å². The van der Waals surface area contributed by atoms with Crippen molar-refractivity contribution in [2.75, 3.05) is 26.8 Å². The van der Waals surface area contributed by atoms with Gasteiger partial charge in [-0.25, -0.2) is 4.68 Å². The molecule has 0 N–H and O–H groups in total. The van der Waals surface area contributed by atoms with Crippen LogP contribution in [0.25, 0.3) is 0 Å². The maximum atomic E-state index is 12.4. The Morgan fingerprint density at radius 2 is 2.37 bits per heavy atom. The summed E-state index contributed by atoms with van der Waals surface area (Å²) in [6.45, 7) is 2.40. The van der Waals surface area contributed by atoms with Gasteiger partial charge in [-0.2, -0.15) is 0 Å². The normalized spacial score (nSPS) is 20.3. The van der Waals surface area contributed by atoms with Gasteiger partial charge in [0.2, 0.25) is 0 Å². The van der Waals surface area contributed by atoms with Crippen LogP contribution in [-0.4, -0.2) is 52.6 Å². The first-order valence-corrected chi connectivity index (χ1v) is 6.85. The number of methoxy groups -OCH3 is 1. The van der Waals surface area contributed by atoms with Crippen LogP contribution in [0.15, 0.2) is 6.20 Å². The van der Waals surface area contributed by atoms with Gasteiger partial charge in [-0.3, -0.25) is 4.79 Å². The standard InChI is InChI=1S/C13H22N4O2/c1-16-12(9-14-15-16)13(18)17-7-4-3-5-11(10-17)6-8-19-2/h9,11H,3-8,10H2,1-2H3/t11-/m1/s1. The summed E-state index contributed by atoms with van der Waals surface area (Å²) < 4.78 is 6.68. The lowest BCUT2D eigenvalue weighted by molar-refractivity contribution is 0.0717. The molecule has 1 aromatic rings. The van der Waals surface area contributed by atoms with Crippen molar-refractivity contribution in [2.45, 2.75) is 25.7 Å². The Hall–Kier alpha value is -1.43. The van der Waals surface area contributed by atoms with Gasteiger partial charge in [-0.05, 0) is 25.2 Å². The van der Waals surface area contributed by atoms with E-state index in [2.05, 4.69) is 10.3 Å². The third-order valence-electron chi connectivity index (χ3n) is 3.72. The number of hydrogen-bond acceptors (Lipinski definition) is 4. The predicted molar refractivity (Wildman–Crippen MR) is 70.7 cm³/mol. The van der Waals surface area contributed by atoms with Gasteiger partial charge in [-0.1, -0.05) is 11.6 Å². The lowest BCUT2D eigenvalue weighted by Gasteiger charge is -2.24. The SMILES string of the molecule is COCC[C@H]1CCCCN(C(=O)c2cnnn2C)C1. The fourth-order valence-corrected chi connectivity index (χ4v) is 2.58. The van der Waals surface area contributed by atoms with E-state index < -0.39 is 0 Å². The summed E-state index contributed by atoms with van der Waals surface area (Å²) in [5.74, 6) is 0.574. The second-order valence-electron chi connectivity index (χ2n) is 5.14. The summed E-state index contributed by atoms with van der Waals surface area (Å²) in [6.07, 6.45) is 5.99. The molecule has 0 spiro atoms. The summed E-state index contributed by atoms with van der Waals surface area (Å²) in [7, 11) is 3.47. The lowest BCUT2D eigenvalue weighted by atomic mass is 10.00. The second kappa shape index (κ2) is 6.65. The number of aromatic nitrogens is 3. The van der Waals surface area contributed by atoms with Crippen molar-refractivity contribution >= 4 is 5.91 Å². The summed E-state index contributed by atoms with van der Waals surface area (Å²) in [6, 6.07) is 0. The molecule has 1 aliphatic rings. The Kier molecular flexibility index (Phi) is 4.90. The van der Waals surface area contributed by atoms with E-state index >= 15 is 0 Å². The fourth-order valence-electron chi connectivity index (χ4n) is 2.58. The van der Waals surface area contributed by atoms with E-state index in [4.69, 9.17) is 4.74 Å². The summed E-state index contributed by atoms with van der Waals surface area (Å²) >= 11 is 0. The van der Waals surface area contributed by atoms with Crippen LogP contribution >= 0.6 is 0 Å². The van der Waals surface area contributed by atoms with Gasteiger partial charge in [0.05, 0.1) is 6.20 Å². The van der Waals surface area contributed by atoms with Crippen LogP contribution in [0.4, 0.5) is 0 Å². The molecule has 106 valence electrons. The van der Waals surface area contributed by atoms with Crippen molar-refractivity contribution < 1.29 is 9.53 Å². The molecule has 1 fully saturated rings. The minimum atomic E-state index is 0.0387. The Bertz CT molecular complexity index is 419. The van der Waals surface area contributed by atoms with Gasteiger partial charge in [0, 0.05) is 33.9 Å². The van der Waals surface area contributed by atoms with Crippen LogP contribution in [0.5, 0.6) is 0 Å². The average molecular weight is 266 g/mol. The number of ether oxygens (including phenoxy) is 1. The molecule has 6 heteroatoms. The van der Waals surface area contributed by atoms with E-state index in [0.717, 1.165) is 32.5 Å². The minimum absolute atomic E-state index is 0.0387. The maximum Gasteiger partial charge on any atom is 0.273 e. The molecule has 0 unspecified atom stereocenters. The van der Waals surface area contributed by atoms with Crippen LogP contribution < -0.4 is 0 Å². The molecular formula is C13H22N4O2. The molecule has 1 aromatic heterocycles. The number of nitrogens with zero attached hydrogens (tertiary/aromatic N) is 4. The monoisotopic (exact) mass is 266 g/mol. The highest BCUT2D eigenvalue weighted by Gasteiger charge is 2.24. The minimum Gasteiger partial charge on any atom is -0.385 e. The van der Waals surface area contributed by atoms with Crippen molar-refractivity contribution in [2.24, 2.45) is 13.0 Å². The number of aryl methyl sites for hydroxylation is 1. The van der Waals surface area contributed by atoms with Crippen LogP contribution in [0.2, 0.25) is 0 Å². The van der Waals surface area contributed by atoms with Crippen molar-refractivity contribution in [1.82, 2.24) is 19.9 Å². The van der Waals surface area contributed by atoms with E-state index in [0.29, 0.717) is 11.6 Å². The number of hydrogen-bond donors (Lipinski definition) is 0. The average Bonchev–Trinajstić information content (AvgIpc) is 2.70. The predicted octanol–water partition coefficient (Wildman–Crippen LogP) is 1.09. The van der Waals surface area contributed by atoms with E-state index in [-0.39, 0.29) is 5.91 Å². The molecule has 1 saturated heterocycles. The second-order valence-corrected chi connectivity index (χ2v) is 5.14. The van der Waals surface area contributed by atoms with Crippen molar-refractivity contribution in [3.8, 4) is 0 Å². The molecule has 0 radical (unpaired) electrons. The molecule has 0 aliphatic carbocycles. The molecule has 1 atom stereocenters. The molecule has 2 rings (SSSR count). The van der Waals surface area contributed by atoms with Gasteiger partial charge < -0.3 is 9.64 Å². The van der Waals surface area contributed by atoms with E-state index in [1.165, 1.54) is 23.7 Å². The molecule has 6 nitrogen and oxygen atoms in total. The molecular weight excluding hydrogens is 244 g/mol. The Balaban J connectivity index is 2.01. The largest absolute Gasteiger partial charge is 0.385 e. The number of amides is 1. The van der Waals surface area contributed by atoms with Crippen LogP contribution in [0, 0.1) is 5.92 Å². The van der Waals surface area contributed by atoms with Crippen LogP contribution in [0.3, 0.4) is 0 Å². The maximum absolute atomic E-state index is 12.4. The highest BCUT2D eigenvalue weighted by Crippen LogP contribution is 2.20. The highest BCUT2D eigenvalue weighted by atomic mass is 16.5. The number of carbonyl (C=O) groups excluding carboxylic acids is 1. The molecule has 0 bridgehead atoms. The summed E-state index contributed by atoms with van der Waals surface area (Å²) in [5.41, 5.74) is 0.562. The molecule has 0 saturated carbocycles. The first-order chi connectivity index (χ1) is 9.22. The zero-order valence-electron chi connectivity index (χ0n) is 11.7. The fraction of sp³-hybridized carbons (Fsp3) is 0.769. The molecule has 2 heterocycles. The molecule has 0 aromatic carbocycles. The zero-order valence-corrected chi connectivity index (χ0v) is 11.7. The molecule has 1 aliphatic heterocycles. The van der Waals surface area contributed by atoms with Crippen molar-refractivity contribution in [1.29, 1.82) is 0 Å². The summed E-state index contributed by atoms with van der Waals surface area (Å²) in [4.78, 5) is 14.4. The van der Waals surface area contributed by atoms with E-state index in [9.17, 15) is 4.79 Å². The zero-order chi connectivity index (χ0) is 13.7. The molecule has 1 amide bonds. The van der Waals surface area contributed by atoms with Gasteiger partial charge in [-0.15, -0.1) is 5.10 Å². The smallest absolute Gasteiger partial charge is 0.273 e.